The van der Waals surface area contributed by atoms with Crippen LogP contribution in [0.15, 0.2) is 24.4 Å². The third-order valence-corrected chi connectivity index (χ3v) is 2.44. The second kappa shape index (κ2) is 4.32. The lowest BCUT2D eigenvalue weighted by molar-refractivity contribution is 0.102. The number of carbonyl (C=O) groups excluding carboxylic acids is 1. The zero-order valence-corrected chi connectivity index (χ0v) is 9.44. The molecular weight excluding hydrogens is 223 g/mol. The third-order valence-electron chi connectivity index (χ3n) is 2.44. The number of hydrogen-bond acceptors (Lipinski definition) is 3. The minimum absolute atomic E-state index is 0.179. The molecule has 0 aliphatic carbocycles. The Morgan fingerprint density at radius 2 is 2.24 bits per heavy atom. The number of nitrogens with zero attached hydrogens (tertiary/aromatic N) is 3. The summed E-state index contributed by atoms with van der Waals surface area (Å²) in [5.41, 5.74) is 1.18. The van der Waals surface area contributed by atoms with Gasteiger partial charge in [-0.3, -0.25) is 9.48 Å². The molecule has 2 aromatic rings. The second-order valence-corrected chi connectivity index (χ2v) is 3.57. The third kappa shape index (κ3) is 2.30. The number of amides is 1. The van der Waals surface area contributed by atoms with E-state index in [9.17, 15) is 9.18 Å². The number of hydrogen-bond donors (Lipinski definition) is 1. The van der Waals surface area contributed by atoms with Crippen LogP contribution in [-0.2, 0) is 7.05 Å². The van der Waals surface area contributed by atoms with Gasteiger partial charge in [0.05, 0.1) is 11.8 Å². The van der Waals surface area contributed by atoms with Crippen LogP contribution in [0, 0.1) is 12.9 Å². The van der Waals surface area contributed by atoms with E-state index in [-0.39, 0.29) is 11.7 Å². The van der Waals surface area contributed by atoms with Gasteiger partial charge in [-0.2, -0.15) is 9.49 Å². The largest absolute Gasteiger partial charge is 0.306 e. The molecule has 17 heavy (non-hydrogen) atoms. The van der Waals surface area contributed by atoms with Crippen LogP contribution in [0.4, 0.5) is 10.2 Å². The molecule has 0 aromatic carbocycles. The number of halogens is 1. The van der Waals surface area contributed by atoms with E-state index < -0.39 is 5.95 Å². The molecule has 88 valence electrons. The molecule has 2 heterocycles. The fourth-order valence-electron chi connectivity index (χ4n) is 1.38. The summed E-state index contributed by atoms with van der Waals surface area (Å²) < 4.78 is 14.4. The highest BCUT2D eigenvalue weighted by Crippen LogP contribution is 2.10. The summed E-state index contributed by atoms with van der Waals surface area (Å²) >= 11 is 0. The van der Waals surface area contributed by atoms with Crippen LogP contribution in [0.5, 0.6) is 0 Å². The van der Waals surface area contributed by atoms with E-state index in [1.54, 1.807) is 18.7 Å². The van der Waals surface area contributed by atoms with E-state index >= 15 is 0 Å². The zero-order chi connectivity index (χ0) is 12.4. The fourth-order valence-corrected chi connectivity index (χ4v) is 1.38. The topological polar surface area (TPSA) is 59.8 Å². The molecule has 0 atom stereocenters. The van der Waals surface area contributed by atoms with Crippen molar-refractivity contribution in [3.05, 3.63) is 41.6 Å². The molecule has 2 rings (SSSR count). The SMILES string of the molecule is Cc1c(C(=O)Nc2cccc(F)n2)cnn1C. The molecule has 5 nitrogen and oxygen atoms in total. The minimum atomic E-state index is -0.634. The molecule has 0 saturated heterocycles. The number of pyridine rings is 1. The lowest BCUT2D eigenvalue weighted by atomic mass is 10.2. The molecule has 0 unspecified atom stereocenters. The quantitative estimate of drug-likeness (QED) is 0.801. The van der Waals surface area contributed by atoms with Gasteiger partial charge in [0.1, 0.15) is 5.82 Å². The van der Waals surface area contributed by atoms with Crippen LogP contribution < -0.4 is 5.32 Å². The minimum Gasteiger partial charge on any atom is -0.306 e. The van der Waals surface area contributed by atoms with Crippen molar-refractivity contribution in [1.82, 2.24) is 14.8 Å². The van der Waals surface area contributed by atoms with Crippen molar-refractivity contribution in [3.63, 3.8) is 0 Å². The second-order valence-electron chi connectivity index (χ2n) is 3.57. The van der Waals surface area contributed by atoms with Gasteiger partial charge in [-0.05, 0) is 19.1 Å². The molecule has 0 radical (unpaired) electrons. The van der Waals surface area contributed by atoms with Crippen LogP contribution in [-0.4, -0.2) is 20.7 Å². The Balaban J connectivity index is 2.20. The van der Waals surface area contributed by atoms with Gasteiger partial charge in [0.15, 0.2) is 0 Å². The van der Waals surface area contributed by atoms with Crippen molar-refractivity contribution < 1.29 is 9.18 Å². The highest BCUT2D eigenvalue weighted by molar-refractivity contribution is 6.04. The smallest absolute Gasteiger partial charge is 0.260 e. The summed E-state index contributed by atoms with van der Waals surface area (Å²) in [5.74, 6) is -0.808. The van der Waals surface area contributed by atoms with Crippen LogP contribution in [0.1, 0.15) is 16.1 Å². The Kier molecular flexibility index (Phi) is 2.86. The van der Waals surface area contributed by atoms with E-state index in [0.717, 1.165) is 5.69 Å². The van der Waals surface area contributed by atoms with Gasteiger partial charge in [0, 0.05) is 12.7 Å². The number of anilines is 1. The number of aromatic nitrogens is 3. The van der Waals surface area contributed by atoms with Crippen molar-refractivity contribution in [3.8, 4) is 0 Å². The summed E-state index contributed by atoms with van der Waals surface area (Å²) in [5, 5.41) is 6.47. The van der Waals surface area contributed by atoms with Crippen molar-refractivity contribution in [2.45, 2.75) is 6.92 Å². The van der Waals surface area contributed by atoms with Gasteiger partial charge in [-0.15, -0.1) is 0 Å². The predicted molar refractivity (Wildman–Crippen MR) is 60.1 cm³/mol. The molecule has 2 aromatic heterocycles. The summed E-state index contributed by atoms with van der Waals surface area (Å²) in [6, 6.07) is 4.21. The van der Waals surface area contributed by atoms with Crippen molar-refractivity contribution in [1.29, 1.82) is 0 Å². The summed E-state index contributed by atoms with van der Waals surface area (Å²) in [6.45, 7) is 1.78. The van der Waals surface area contributed by atoms with E-state index in [1.165, 1.54) is 24.4 Å². The van der Waals surface area contributed by atoms with Gasteiger partial charge in [0.25, 0.3) is 5.91 Å². The summed E-state index contributed by atoms with van der Waals surface area (Å²) in [4.78, 5) is 15.4. The fraction of sp³-hybridized carbons (Fsp3) is 0.182. The first kappa shape index (κ1) is 11.3. The first-order chi connectivity index (χ1) is 8.08. The van der Waals surface area contributed by atoms with Crippen LogP contribution in [0.2, 0.25) is 0 Å². The lowest BCUT2D eigenvalue weighted by Gasteiger charge is -2.03. The van der Waals surface area contributed by atoms with Crippen molar-refractivity contribution in [2.75, 3.05) is 5.32 Å². The van der Waals surface area contributed by atoms with Crippen molar-refractivity contribution >= 4 is 11.7 Å². The maximum absolute atomic E-state index is 12.8. The molecule has 1 N–H and O–H groups in total. The molecular formula is C11H11FN4O. The van der Waals surface area contributed by atoms with E-state index in [0.29, 0.717) is 5.56 Å². The molecule has 6 heteroatoms. The average Bonchev–Trinajstić information content (AvgIpc) is 2.60. The van der Waals surface area contributed by atoms with E-state index in [2.05, 4.69) is 15.4 Å². The Bertz CT molecular complexity index is 564. The number of nitrogens with one attached hydrogen (secondary N) is 1. The van der Waals surface area contributed by atoms with E-state index in [4.69, 9.17) is 0 Å². The Morgan fingerprint density at radius 1 is 1.47 bits per heavy atom. The molecule has 1 amide bonds. The van der Waals surface area contributed by atoms with Gasteiger partial charge in [-0.1, -0.05) is 6.07 Å². The summed E-state index contributed by atoms with van der Waals surface area (Å²) in [7, 11) is 1.74. The van der Waals surface area contributed by atoms with Crippen LogP contribution >= 0.6 is 0 Å². The van der Waals surface area contributed by atoms with Crippen LogP contribution in [0.3, 0.4) is 0 Å². The van der Waals surface area contributed by atoms with E-state index in [1.807, 2.05) is 0 Å². The van der Waals surface area contributed by atoms with Gasteiger partial charge >= 0.3 is 0 Å². The van der Waals surface area contributed by atoms with Gasteiger partial charge in [-0.25, -0.2) is 4.98 Å². The molecule has 0 spiro atoms. The Hall–Kier alpha value is -2.24. The molecule has 0 aliphatic rings. The maximum atomic E-state index is 12.8. The highest BCUT2D eigenvalue weighted by Gasteiger charge is 2.13. The standard InChI is InChI=1S/C11H11FN4O/c1-7-8(6-13-16(7)2)11(17)15-10-5-3-4-9(12)14-10/h3-6H,1-2H3,(H,14,15,17). The predicted octanol–water partition coefficient (Wildman–Crippen LogP) is 1.51. The monoisotopic (exact) mass is 234 g/mol. The average molecular weight is 234 g/mol. The lowest BCUT2D eigenvalue weighted by Crippen LogP contribution is -2.14. The molecule has 0 saturated carbocycles. The molecule has 0 fully saturated rings. The normalized spacial score (nSPS) is 10.3. The Labute approximate surface area is 97.3 Å². The summed E-state index contributed by atoms with van der Waals surface area (Å²) in [6.07, 6.45) is 1.46. The Morgan fingerprint density at radius 3 is 2.82 bits per heavy atom. The van der Waals surface area contributed by atoms with Crippen LogP contribution in [0.25, 0.3) is 0 Å². The van der Waals surface area contributed by atoms with Gasteiger partial charge < -0.3 is 5.32 Å². The maximum Gasteiger partial charge on any atom is 0.260 e. The zero-order valence-electron chi connectivity index (χ0n) is 9.44. The number of carbonyl (C=O) groups is 1. The van der Waals surface area contributed by atoms with Gasteiger partial charge in [0.2, 0.25) is 5.95 Å². The van der Waals surface area contributed by atoms with Crippen molar-refractivity contribution in [2.24, 2.45) is 7.05 Å². The first-order valence-corrected chi connectivity index (χ1v) is 5.00. The highest BCUT2D eigenvalue weighted by atomic mass is 19.1. The molecule has 0 aliphatic heterocycles. The number of rotatable bonds is 2. The number of aryl methyl sites for hydroxylation is 1. The first-order valence-electron chi connectivity index (χ1n) is 5.00. The molecule has 0 bridgehead atoms.